The zero-order valence-corrected chi connectivity index (χ0v) is 13.2. The van der Waals surface area contributed by atoms with Crippen LogP contribution in [0.15, 0.2) is 23.3 Å². The van der Waals surface area contributed by atoms with Crippen molar-refractivity contribution >= 4 is 5.91 Å². The summed E-state index contributed by atoms with van der Waals surface area (Å²) in [5.74, 6) is 1.74. The van der Waals surface area contributed by atoms with Gasteiger partial charge in [-0.2, -0.15) is 0 Å². The Morgan fingerprint density at radius 3 is 2.60 bits per heavy atom. The van der Waals surface area contributed by atoms with Crippen LogP contribution >= 0.6 is 0 Å². The Balaban J connectivity index is 2.21. The zero-order chi connectivity index (χ0) is 15.1. The van der Waals surface area contributed by atoms with E-state index in [4.69, 9.17) is 0 Å². The summed E-state index contributed by atoms with van der Waals surface area (Å²) < 4.78 is 0. The maximum Gasteiger partial charge on any atom is 0.248 e. The van der Waals surface area contributed by atoms with E-state index in [2.05, 4.69) is 38.2 Å². The molecule has 3 nitrogen and oxygen atoms in total. The van der Waals surface area contributed by atoms with Crippen molar-refractivity contribution < 1.29 is 9.90 Å². The van der Waals surface area contributed by atoms with E-state index in [1.165, 1.54) is 5.57 Å². The molecule has 2 bridgehead atoms. The van der Waals surface area contributed by atoms with Crippen LogP contribution in [0.4, 0.5) is 0 Å². The fourth-order valence-corrected chi connectivity index (χ4v) is 3.34. The summed E-state index contributed by atoms with van der Waals surface area (Å²) in [7, 11) is 0. The molecule has 112 valence electrons. The van der Waals surface area contributed by atoms with E-state index in [-0.39, 0.29) is 18.4 Å². The molecular formula is C17H27NO2. The quantitative estimate of drug-likeness (QED) is 0.776. The molecule has 0 fully saturated rings. The Bertz CT molecular complexity index is 460. The first kappa shape index (κ1) is 15.3. The van der Waals surface area contributed by atoms with Gasteiger partial charge in [0.2, 0.25) is 5.91 Å². The van der Waals surface area contributed by atoms with Crippen LogP contribution in [0, 0.1) is 23.7 Å². The highest BCUT2D eigenvalue weighted by Gasteiger charge is 2.40. The Kier molecular flexibility index (Phi) is 4.10. The third kappa shape index (κ3) is 2.83. The zero-order valence-electron chi connectivity index (χ0n) is 13.2. The largest absolute Gasteiger partial charge is 0.394 e. The fourth-order valence-electron chi connectivity index (χ4n) is 3.34. The van der Waals surface area contributed by atoms with Crippen molar-refractivity contribution in [2.75, 3.05) is 6.61 Å². The Morgan fingerprint density at radius 1 is 1.45 bits per heavy atom. The van der Waals surface area contributed by atoms with Crippen LogP contribution in [-0.4, -0.2) is 23.2 Å². The highest BCUT2D eigenvalue weighted by atomic mass is 16.3. The molecule has 0 spiro atoms. The molecule has 0 aromatic heterocycles. The predicted molar refractivity (Wildman–Crippen MR) is 81.1 cm³/mol. The molecule has 0 heterocycles. The summed E-state index contributed by atoms with van der Waals surface area (Å²) in [5.41, 5.74) is 1.72. The third-order valence-electron chi connectivity index (χ3n) is 4.72. The van der Waals surface area contributed by atoms with E-state index in [9.17, 15) is 9.90 Å². The predicted octanol–water partition coefficient (Wildman–Crippen LogP) is 2.67. The molecule has 0 saturated heterocycles. The number of fused-ring (bicyclic) bond motifs is 1. The van der Waals surface area contributed by atoms with E-state index >= 15 is 0 Å². The van der Waals surface area contributed by atoms with Gasteiger partial charge in [-0.05, 0) is 44.9 Å². The second kappa shape index (κ2) is 5.36. The molecule has 3 rings (SSSR count). The van der Waals surface area contributed by atoms with Crippen molar-refractivity contribution in [3.8, 4) is 0 Å². The number of carbonyl (C=O) groups excluding carboxylic acids is 1. The summed E-state index contributed by atoms with van der Waals surface area (Å²) in [6.45, 7) is 10.3. The number of rotatable bonds is 4. The topological polar surface area (TPSA) is 49.3 Å². The van der Waals surface area contributed by atoms with E-state index in [1.807, 2.05) is 13.8 Å². The lowest BCUT2D eigenvalue weighted by molar-refractivity contribution is -0.120. The smallest absolute Gasteiger partial charge is 0.248 e. The lowest BCUT2D eigenvalue weighted by Gasteiger charge is -2.42. The highest BCUT2D eigenvalue weighted by molar-refractivity contribution is 5.95. The van der Waals surface area contributed by atoms with Gasteiger partial charge >= 0.3 is 0 Å². The number of aliphatic hydroxyl groups excluding tert-OH is 1. The number of allylic oxidation sites excluding steroid dienone is 3. The van der Waals surface area contributed by atoms with Crippen LogP contribution in [0.3, 0.4) is 0 Å². The van der Waals surface area contributed by atoms with Gasteiger partial charge in [0.1, 0.15) is 0 Å². The molecule has 3 aliphatic rings. The minimum absolute atomic E-state index is 0.0202. The number of hydrogen-bond donors (Lipinski definition) is 2. The standard InChI is InChI=1S/C17H27NO2/c1-10(2)13-7-12-8-15(14(13)6-11(12)3)16(20)18-17(4,5)9-19/h6,8,10,12-14,19H,7,9H2,1-5H3,(H,18,20). The second-order valence-corrected chi connectivity index (χ2v) is 7.30. The van der Waals surface area contributed by atoms with E-state index in [0.29, 0.717) is 17.8 Å². The van der Waals surface area contributed by atoms with Crippen LogP contribution in [0.5, 0.6) is 0 Å². The molecule has 3 aliphatic carbocycles. The minimum atomic E-state index is -0.569. The maximum atomic E-state index is 12.5. The van der Waals surface area contributed by atoms with Crippen LogP contribution < -0.4 is 5.32 Å². The van der Waals surface area contributed by atoms with Gasteiger partial charge in [-0.3, -0.25) is 4.79 Å². The summed E-state index contributed by atoms with van der Waals surface area (Å²) >= 11 is 0. The molecule has 0 aromatic carbocycles. The van der Waals surface area contributed by atoms with Gasteiger partial charge in [0.25, 0.3) is 0 Å². The molecule has 0 radical (unpaired) electrons. The highest BCUT2D eigenvalue weighted by Crippen LogP contribution is 2.46. The molecule has 3 unspecified atom stereocenters. The van der Waals surface area contributed by atoms with Crippen molar-refractivity contribution in [1.29, 1.82) is 0 Å². The summed E-state index contributed by atoms with van der Waals surface area (Å²) in [4.78, 5) is 12.5. The first-order chi connectivity index (χ1) is 9.25. The van der Waals surface area contributed by atoms with Crippen LogP contribution in [0.1, 0.15) is 41.0 Å². The van der Waals surface area contributed by atoms with Crippen molar-refractivity contribution in [3.63, 3.8) is 0 Å². The molecule has 3 atom stereocenters. The van der Waals surface area contributed by atoms with E-state index in [1.54, 1.807) is 0 Å². The number of hydrogen-bond acceptors (Lipinski definition) is 2. The Morgan fingerprint density at radius 2 is 2.10 bits per heavy atom. The summed E-state index contributed by atoms with van der Waals surface area (Å²) in [6, 6.07) is 0. The van der Waals surface area contributed by atoms with Gasteiger partial charge in [-0.1, -0.05) is 31.6 Å². The molecular weight excluding hydrogens is 250 g/mol. The fraction of sp³-hybridized carbons (Fsp3) is 0.706. The van der Waals surface area contributed by atoms with Gasteiger partial charge in [-0.25, -0.2) is 0 Å². The van der Waals surface area contributed by atoms with Crippen molar-refractivity contribution in [2.24, 2.45) is 23.7 Å². The SMILES string of the molecule is CC1=CC2C(C(=O)NC(C)(C)CO)=CC1CC2C(C)C. The van der Waals surface area contributed by atoms with Crippen LogP contribution in [0.2, 0.25) is 0 Å². The number of amides is 1. The van der Waals surface area contributed by atoms with Crippen LogP contribution in [-0.2, 0) is 4.79 Å². The van der Waals surface area contributed by atoms with Gasteiger partial charge in [-0.15, -0.1) is 0 Å². The van der Waals surface area contributed by atoms with Gasteiger partial charge in [0.15, 0.2) is 0 Å². The maximum absolute atomic E-state index is 12.5. The van der Waals surface area contributed by atoms with E-state index in [0.717, 1.165) is 12.0 Å². The molecule has 0 aromatic rings. The average Bonchev–Trinajstić information content (AvgIpc) is 2.37. The molecule has 0 aliphatic heterocycles. The lowest BCUT2D eigenvalue weighted by atomic mass is 9.63. The minimum Gasteiger partial charge on any atom is -0.394 e. The van der Waals surface area contributed by atoms with Gasteiger partial charge in [0.05, 0.1) is 12.1 Å². The van der Waals surface area contributed by atoms with Crippen molar-refractivity contribution in [3.05, 3.63) is 23.3 Å². The first-order valence-electron chi connectivity index (χ1n) is 7.58. The summed E-state index contributed by atoms with van der Waals surface area (Å²) in [5, 5.41) is 12.3. The van der Waals surface area contributed by atoms with Crippen molar-refractivity contribution in [2.45, 2.75) is 46.6 Å². The molecule has 3 heteroatoms. The Hall–Kier alpha value is -1.09. The molecule has 0 saturated carbocycles. The monoisotopic (exact) mass is 277 g/mol. The van der Waals surface area contributed by atoms with Crippen molar-refractivity contribution in [1.82, 2.24) is 5.32 Å². The number of nitrogens with one attached hydrogen (secondary N) is 1. The normalized spacial score (nSPS) is 29.2. The first-order valence-corrected chi connectivity index (χ1v) is 7.58. The molecule has 20 heavy (non-hydrogen) atoms. The van der Waals surface area contributed by atoms with Gasteiger partial charge in [0, 0.05) is 11.5 Å². The number of carbonyl (C=O) groups is 1. The van der Waals surface area contributed by atoms with Gasteiger partial charge < -0.3 is 10.4 Å². The average molecular weight is 277 g/mol. The number of aliphatic hydroxyl groups is 1. The van der Waals surface area contributed by atoms with E-state index < -0.39 is 5.54 Å². The second-order valence-electron chi connectivity index (χ2n) is 7.30. The molecule has 1 amide bonds. The molecule has 2 N–H and O–H groups in total. The lowest BCUT2D eigenvalue weighted by Crippen LogP contribution is -2.49. The Labute approximate surface area is 122 Å². The summed E-state index contributed by atoms with van der Waals surface area (Å²) in [6.07, 6.45) is 5.58. The third-order valence-corrected chi connectivity index (χ3v) is 4.72. The van der Waals surface area contributed by atoms with Crippen LogP contribution in [0.25, 0.3) is 0 Å².